The molecule has 1 saturated carbocycles. The maximum absolute atomic E-state index is 10.9. The molecule has 3 rings (SSSR count). The van der Waals surface area contributed by atoms with Gasteiger partial charge in [0.25, 0.3) is 0 Å². The number of rotatable bonds is 5. The highest BCUT2D eigenvalue weighted by atomic mass is 16.7. The molecule has 0 aromatic rings. The van der Waals surface area contributed by atoms with Crippen LogP contribution in [0.15, 0.2) is 0 Å². The summed E-state index contributed by atoms with van der Waals surface area (Å²) < 4.78 is 22.4. The van der Waals surface area contributed by atoms with Crippen molar-refractivity contribution < 1.29 is 49.6 Å². The summed E-state index contributed by atoms with van der Waals surface area (Å²) in [4.78, 5) is 0. The molecule has 15 unspecified atom stereocenters. The van der Waals surface area contributed by atoms with E-state index in [0.717, 1.165) is 0 Å². The van der Waals surface area contributed by atoms with Gasteiger partial charge in [-0.15, -0.1) is 0 Å². The Morgan fingerprint density at radius 3 is 1.78 bits per heavy atom. The zero-order valence-electron chi connectivity index (χ0n) is 17.7. The van der Waals surface area contributed by atoms with Gasteiger partial charge in [-0.2, -0.15) is 0 Å². The lowest BCUT2D eigenvalue weighted by Crippen LogP contribution is -2.68. The minimum Gasteiger partial charge on any atom is -0.389 e. The van der Waals surface area contributed by atoms with E-state index in [0.29, 0.717) is 0 Å². The first-order valence-corrected chi connectivity index (χ1v) is 10.6. The van der Waals surface area contributed by atoms with Crippen molar-refractivity contribution in [3.8, 4) is 0 Å². The highest BCUT2D eigenvalue weighted by Gasteiger charge is 2.51. The van der Waals surface area contributed by atoms with Crippen LogP contribution in [0.1, 0.15) is 13.3 Å². The Bertz CT molecular complexity index is 620. The van der Waals surface area contributed by atoms with Gasteiger partial charge in [-0.05, 0) is 13.3 Å². The van der Waals surface area contributed by atoms with Crippen molar-refractivity contribution >= 4 is 0 Å². The van der Waals surface area contributed by atoms with Gasteiger partial charge >= 0.3 is 0 Å². The van der Waals surface area contributed by atoms with Crippen LogP contribution < -0.4 is 22.9 Å². The second kappa shape index (κ2) is 10.4. The van der Waals surface area contributed by atoms with Crippen molar-refractivity contribution in [2.45, 2.75) is 105 Å². The summed E-state index contributed by atoms with van der Waals surface area (Å²) in [5.74, 6) is 0. The van der Waals surface area contributed by atoms with E-state index in [4.69, 9.17) is 41.9 Å². The summed E-state index contributed by atoms with van der Waals surface area (Å²) >= 11 is 0. The summed E-state index contributed by atoms with van der Waals surface area (Å²) in [5.41, 5.74) is 23.6. The highest BCUT2D eigenvalue weighted by Crippen LogP contribution is 2.31. The molecule has 0 radical (unpaired) electrons. The summed E-state index contributed by atoms with van der Waals surface area (Å²) in [6.07, 6.45) is -15.2. The van der Waals surface area contributed by atoms with Crippen molar-refractivity contribution in [1.29, 1.82) is 0 Å². The number of hydrogen-bond acceptors (Lipinski definition) is 14. The first-order chi connectivity index (χ1) is 15.0. The smallest absolute Gasteiger partial charge is 0.187 e. The molecule has 1 aliphatic carbocycles. The largest absolute Gasteiger partial charge is 0.389 e. The van der Waals surface area contributed by atoms with E-state index in [1.165, 1.54) is 0 Å². The molecule has 14 N–H and O–H groups in total. The van der Waals surface area contributed by atoms with Crippen LogP contribution in [0.3, 0.4) is 0 Å². The van der Waals surface area contributed by atoms with Crippen LogP contribution in [-0.4, -0.2) is 129 Å². The van der Waals surface area contributed by atoms with Gasteiger partial charge in [0.05, 0.1) is 18.2 Å². The lowest BCUT2D eigenvalue weighted by atomic mass is 9.84. The second-order valence-electron chi connectivity index (χ2n) is 8.77. The second-order valence-corrected chi connectivity index (χ2v) is 8.77. The van der Waals surface area contributed by atoms with E-state index in [-0.39, 0.29) is 13.0 Å². The molecule has 2 heterocycles. The van der Waals surface area contributed by atoms with E-state index >= 15 is 0 Å². The van der Waals surface area contributed by atoms with Crippen LogP contribution in [0, 0.1) is 0 Å². The van der Waals surface area contributed by atoms with Gasteiger partial charge in [0.1, 0.15) is 48.8 Å². The van der Waals surface area contributed by atoms with E-state index in [9.17, 15) is 30.6 Å². The van der Waals surface area contributed by atoms with Crippen molar-refractivity contribution in [2.24, 2.45) is 22.9 Å². The molecular formula is C18H36N4O10. The predicted molar refractivity (Wildman–Crippen MR) is 106 cm³/mol. The van der Waals surface area contributed by atoms with Crippen LogP contribution in [0.4, 0.5) is 0 Å². The molecule has 188 valence electrons. The number of ether oxygens (including phenoxy) is 4. The summed E-state index contributed by atoms with van der Waals surface area (Å²) in [7, 11) is 0. The van der Waals surface area contributed by atoms with E-state index in [2.05, 4.69) is 0 Å². The molecule has 3 fully saturated rings. The minimum atomic E-state index is -1.63. The molecule has 14 nitrogen and oxygen atoms in total. The third-order valence-electron chi connectivity index (χ3n) is 6.44. The van der Waals surface area contributed by atoms with Crippen LogP contribution in [0.2, 0.25) is 0 Å². The number of aliphatic hydroxyl groups excluding tert-OH is 6. The lowest BCUT2D eigenvalue weighted by Gasteiger charge is -2.48. The van der Waals surface area contributed by atoms with Gasteiger partial charge in [0.2, 0.25) is 0 Å². The standard InChI is InChI=1S/C18H36N4O10/c1-4-9(23)8(22)11(25)17(29-4)31-15-5(20)2-6(21)16(14(15)28)32-18-13(27)12(26)10(24)7(3-19)30-18/h4-18,23-28H,2-3,19-22H2,1H3. The first kappa shape index (κ1) is 26.1. The van der Waals surface area contributed by atoms with E-state index < -0.39 is 91.7 Å². The Morgan fingerprint density at radius 1 is 0.719 bits per heavy atom. The molecule has 15 atom stereocenters. The number of aliphatic hydroxyl groups is 6. The fourth-order valence-corrected chi connectivity index (χ4v) is 4.35. The third kappa shape index (κ3) is 4.94. The Kier molecular flexibility index (Phi) is 8.44. The molecule has 2 saturated heterocycles. The van der Waals surface area contributed by atoms with Gasteiger partial charge in [-0.1, -0.05) is 0 Å². The lowest BCUT2D eigenvalue weighted by molar-refractivity contribution is -0.330. The van der Waals surface area contributed by atoms with Crippen LogP contribution in [0.25, 0.3) is 0 Å². The summed E-state index contributed by atoms with van der Waals surface area (Å²) in [5, 5.41) is 61.4. The fraction of sp³-hybridized carbons (Fsp3) is 1.00. The van der Waals surface area contributed by atoms with Crippen molar-refractivity contribution in [3.63, 3.8) is 0 Å². The Labute approximate surface area is 185 Å². The van der Waals surface area contributed by atoms with Crippen LogP contribution >= 0.6 is 0 Å². The van der Waals surface area contributed by atoms with Crippen molar-refractivity contribution in [2.75, 3.05) is 6.54 Å². The maximum Gasteiger partial charge on any atom is 0.187 e. The normalized spacial score (nSPS) is 55.0. The molecule has 0 amide bonds. The quantitative estimate of drug-likeness (QED) is 0.180. The SMILES string of the molecule is CC1OC(OC2C(N)CC(N)C(OC3OC(CN)C(O)C(O)C3O)C2O)C(O)C(N)C1O. The van der Waals surface area contributed by atoms with Crippen LogP contribution in [0.5, 0.6) is 0 Å². The Hall–Kier alpha value is -0.560. The third-order valence-corrected chi connectivity index (χ3v) is 6.44. The van der Waals surface area contributed by atoms with Gasteiger partial charge in [-0.25, -0.2) is 0 Å². The molecule has 2 aliphatic heterocycles. The first-order valence-electron chi connectivity index (χ1n) is 10.6. The maximum atomic E-state index is 10.9. The zero-order chi connectivity index (χ0) is 23.9. The summed E-state index contributed by atoms with van der Waals surface area (Å²) in [6.45, 7) is 1.41. The molecule has 14 heteroatoms. The molecule has 0 spiro atoms. The minimum absolute atomic E-state index is 0.133. The van der Waals surface area contributed by atoms with Crippen LogP contribution in [-0.2, 0) is 18.9 Å². The van der Waals surface area contributed by atoms with Gasteiger partial charge in [-0.3, -0.25) is 0 Å². The molecule has 0 aromatic carbocycles. The molecule has 0 aromatic heterocycles. The molecule has 32 heavy (non-hydrogen) atoms. The highest BCUT2D eigenvalue weighted by molar-refractivity contribution is 5.01. The zero-order valence-corrected chi connectivity index (χ0v) is 17.7. The number of hydrogen-bond donors (Lipinski definition) is 10. The number of nitrogens with two attached hydrogens (primary N) is 4. The van der Waals surface area contributed by atoms with Crippen molar-refractivity contribution in [3.05, 3.63) is 0 Å². The molecule has 3 aliphatic rings. The van der Waals surface area contributed by atoms with Gasteiger partial charge < -0.3 is 72.5 Å². The molecule has 0 bridgehead atoms. The van der Waals surface area contributed by atoms with Gasteiger partial charge in [0.15, 0.2) is 12.6 Å². The predicted octanol–water partition coefficient (Wildman–Crippen LogP) is -6.26. The Morgan fingerprint density at radius 2 is 1.25 bits per heavy atom. The fourth-order valence-electron chi connectivity index (χ4n) is 4.35. The monoisotopic (exact) mass is 468 g/mol. The van der Waals surface area contributed by atoms with Crippen molar-refractivity contribution in [1.82, 2.24) is 0 Å². The average molecular weight is 469 g/mol. The Balaban J connectivity index is 1.71. The van der Waals surface area contributed by atoms with Gasteiger partial charge in [0, 0.05) is 18.6 Å². The molecular weight excluding hydrogens is 432 g/mol. The van der Waals surface area contributed by atoms with E-state index in [1.54, 1.807) is 6.92 Å². The van der Waals surface area contributed by atoms with E-state index in [1.807, 2.05) is 0 Å². The topological polar surface area (TPSA) is 262 Å². The summed E-state index contributed by atoms with van der Waals surface area (Å²) in [6, 6.07) is -2.60. The average Bonchev–Trinajstić information content (AvgIpc) is 2.75.